The van der Waals surface area contributed by atoms with E-state index < -0.39 is 0 Å². The average Bonchev–Trinajstić information content (AvgIpc) is 2.68. The van der Waals surface area contributed by atoms with Crippen LogP contribution in [0.5, 0.6) is 5.75 Å². The summed E-state index contributed by atoms with van der Waals surface area (Å²) in [6, 6.07) is 8.94. The molecule has 0 aromatic heterocycles. The van der Waals surface area contributed by atoms with Crippen LogP contribution in [-0.2, 0) is 5.41 Å². The molecule has 0 bridgehead atoms. The second kappa shape index (κ2) is 11.7. The summed E-state index contributed by atoms with van der Waals surface area (Å²) >= 11 is 0. The predicted molar refractivity (Wildman–Crippen MR) is 118 cm³/mol. The molecule has 1 aliphatic rings. The first-order valence-electron chi connectivity index (χ1n) is 11.6. The van der Waals surface area contributed by atoms with Crippen molar-refractivity contribution in [1.82, 2.24) is 4.90 Å². The third kappa shape index (κ3) is 6.82. The van der Waals surface area contributed by atoms with Gasteiger partial charge in [0.25, 0.3) is 0 Å². The van der Waals surface area contributed by atoms with Crippen LogP contribution in [0.4, 0.5) is 0 Å². The number of unbranched alkanes of at least 4 members (excludes halogenated alkanes) is 6. The number of ether oxygens (including phenoxy) is 1. The van der Waals surface area contributed by atoms with E-state index in [1.165, 1.54) is 83.0 Å². The molecule has 27 heavy (non-hydrogen) atoms. The molecule has 1 aromatic carbocycles. The molecule has 2 rings (SSSR count). The Kier molecular flexibility index (Phi) is 9.68. The number of hydrogen-bond donors (Lipinski definition) is 0. The minimum atomic E-state index is 0.265. The van der Waals surface area contributed by atoms with E-state index in [1.807, 2.05) is 0 Å². The van der Waals surface area contributed by atoms with Crippen molar-refractivity contribution >= 4 is 0 Å². The summed E-state index contributed by atoms with van der Waals surface area (Å²) in [5, 5.41) is 0. The largest absolute Gasteiger partial charge is 0.494 e. The van der Waals surface area contributed by atoms with Crippen molar-refractivity contribution in [1.29, 1.82) is 0 Å². The lowest BCUT2D eigenvalue weighted by molar-refractivity contribution is 0.109. The highest BCUT2D eigenvalue weighted by molar-refractivity contribution is 5.34. The van der Waals surface area contributed by atoms with Crippen LogP contribution in [0, 0.1) is 5.92 Å². The highest BCUT2D eigenvalue weighted by atomic mass is 16.5. The van der Waals surface area contributed by atoms with Crippen LogP contribution in [0.15, 0.2) is 24.3 Å². The Morgan fingerprint density at radius 1 is 1.04 bits per heavy atom. The third-order valence-electron chi connectivity index (χ3n) is 6.66. The van der Waals surface area contributed by atoms with Crippen molar-refractivity contribution in [2.75, 3.05) is 26.2 Å². The Morgan fingerprint density at radius 2 is 1.78 bits per heavy atom. The van der Waals surface area contributed by atoms with Crippen LogP contribution < -0.4 is 4.74 Å². The van der Waals surface area contributed by atoms with E-state index in [2.05, 4.69) is 56.9 Å². The summed E-state index contributed by atoms with van der Waals surface area (Å²) in [4.78, 5) is 2.69. The number of piperidine rings is 1. The Balaban J connectivity index is 1.88. The van der Waals surface area contributed by atoms with Crippen LogP contribution in [-0.4, -0.2) is 31.1 Å². The van der Waals surface area contributed by atoms with Gasteiger partial charge in [0.2, 0.25) is 0 Å². The summed E-state index contributed by atoms with van der Waals surface area (Å²) in [7, 11) is 0. The molecule has 2 heteroatoms. The predicted octanol–water partition coefficient (Wildman–Crippen LogP) is 6.83. The lowest BCUT2D eigenvalue weighted by Crippen LogP contribution is -2.47. The van der Waals surface area contributed by atoms with Crippen LogP contribution in [0.2, 0.25) is 0 Å². The third-order valence-corrected chi connectivity index (χ3v) is 6.66. The van der Waals surface area contributed by atoms with Crippen LogP contribution in [0.3, 0.4) is 0 Å². The molecule has 1 aliphatic heterocycles. The smallest absolute Gasteiger partial charge is 0.119 e. The van der Waals surface area contributed by atoms with E-state index in [1.54, 1.807) is 0 Å². The summed E-state index contributed by atoms with van der Waals surface area (Å²) < 4.78 is 6.05. The Bertz CT molecular complexity index is 529. The van der Waals surface area contributed by atoms with Gasteiger partial charge in [-0.05, 0) is 61.4 Å². The maximum Gasteiger partial charge on any atom is 0.119 e. The zero-order valence-electron chi connectivity index (χ0n) is 18.4. The number of nitrogens with zero attached hydrogens (tertiary/aromatic N) is 1. The van der Waals surface area contributed by atoms with Gasteiger partial charge in [-0.15, -0.1) is 0 Å². The first-order chi connectivity index (χ1) is 13.1. The van der Waals surface area contributed by atoms with Crippen molar-refractivity contribution in [3.8, 4) is 5.75 Å². The minimum Gasteiger partial charge on any atom is -0.494 e. The molecule has 154 valence electrons. The fourth-order valence-electron chi connectivity index (χ4n) is 4.37. The van der Waals surface area contributed by atoms with Crippen molar-refractivity contribution < 1.29 is 4.74 Å². The second-order valence-electron chi connectivity index (χ2n) is 8.87. The molecule has 1 heterocycles. The van der Waals surface area contributed by atoms with Crippen molar-refractivity contribution in [2.24, 2.45) is 5.92 Å². The van der Waals surface area contributed by atoms with E-state index >= 15 is 0 Å². The van der Waals surface area contributed by atoms with Crippen LogP contribution in [0.1, 0.15) is 91.0 Å². The summed E-state index contributed by atoms with van der Waals surface area (Å²) in [5.74, 6) is 1.73. The molecule has 0 amide bonds. The Labute approximate surface area is 168 Å². The van der Waals surface area contributed by atoms with Gasteiger partial charge in [-0.3, -0.25) is 0 Å². The molecular weight excluding hydrogens is 330 g/mol. The van der Waals surface area contributed by atoms with Gasteiger partial charge in [-0.2, -0.15) is 0 Å². The van der Waals surface area contributed by atoms with E-state index in [0.29, 0.717) is 5.92 Å². The Morgan fingerprint density at radius 3 is 2.48 bits per heavy atom. The molecule has 1 saturated heterocycles. The van der Waals surface area contributed by atoms with Gasteiger partial charge in [-0.25, -0.2) is 0 Å². The first-order valence-corrected chi connectivity index (χ1v) is 11.6. The number of benzene rings is 1. The van der Waals surface area contributed by atoms with Gasteiger partial charge < -0.3 is 9.64 Å². The van der Waals surface area contributed by atoms with E-state index in [0.717, 1.165) is 12.4 Å². The molecule has 0 radical (unpaired) electrons. The molecule has 0 unspecified atom stereocenters. The van der Waals surface area contributed by atoms with E-state index in [4.69, 9.17) is 4.74 Å². The van der Waals surface area contributed by atoms with Crippen molar-refractivity contribution in [2.45, 2.75) is 90.9 Å². The second-order valence-corrected chi connectivity index (χ2v) is 8.87. The first kappa shape index (κ1) is 22.3. The molecule has 1 fully saturated rings. The molecule has 0 saturated carbocycles. The fourth-order valence-corrected chi connectivity index (χ4v) is 4.37. The summed E-state index contributed by atoms with van der Waals surface area (Å²) in [5.41, 5.74) is 1.73. The highest BCUT2D eigenvalue weighted by Gasteiger charge is 2.37. The van der Waals surface area contributed by atoms with E-state index in [-0.39, 0.29) is 5.41 Å². The Hall–Kier alpha value is -1.02. The van der Waals surface area contributed by atoms with Gasteiger partial charge in [0.15, 0.2) is 0 Å². The zero-order valence-corrected chi connectivity index (χ0v) is 18.4. The van der Waals surface area contributed by atoms with Gasteiger partial charge in [0, 0.05) is 6.54 Å². The van der Waals surface area contributed by atoms with Crippen molar-refractivity contribution in [3.63, 3.8) is 0 Å². The minimum absolute atomic E-state index is 0.265. The maximum absolute atomic E-state index is 6.05. The summed E-state index contributed by atoms with van der Waals surface area (Å²) in [6.45, 7) is 14.0. The lowest BCUT2D eigenvalue weighted by Gasteiger charge is -2.45. The van der Waals surface area contributed by atoms with Gasteiger partial charge in [0.05, 0.1) is 6.61 Å². The van der Waals surface area contributed by atoms with Crippen LogP contribution in [0.25, 0.3) is 0 Å². The summed E-state index contributed by atoms with van der Waals surface area (Å²) in [6.07, 6.45) is 11.7. The molecule has 2 nitrogen and oxygen atoms in total. The van der Waals surface area contributed by atoms with Gasteiger partial charge in [-0.1, -0.05) is 78.4 Å². The quantitative estimate of drug-likeness (QED) is 0.372. The molecular formula is C25H43NO. The maximum atomic E-state index is 6.05. The number of rotatable bonds is 12. The normalized spacial score (nSPS) is 23.5. The molecule has 2 atom stereocenters. The molecule has 0 N–H and O–H groups in total. The van der Waals surface area contributed by atoms with Gasteiger partial charge in [0.1, 0.15) is 5.75 Å². The topological polar surface area (TPSA) is 12.5 Å². The molecule has 1 aromatic rings. The van der Waals surface area contributed by atoms with Crippen molar-refractivity contribution in [3.05, 3.63) is 29.8 Å². The molecule has 0 aliphatic carbocycles. The SMILES string of the molecule is CCCCCCOc1cccc([C@@]2(C)CCN(CCCCCC)C[C@@H]2C)c1. The number of hydrogen-bond acceptors (Lipinski definition) is 2. The molecule has 0 spiro atoms. The average molecular weight is 374 g/mol. The van der Waals surface area contributed by atoms with E-state index in [9.17, 15) is 0 Å². The standard InChI is InChI=1S/C25H43NO/c1-5-7-9-11-17-26-18-16-25(4,22(3)21-26)23-14-13-15-24(20-23)27-19-12-10-8-6-2/h13-15,20,22H,5-12,16-19,21H2,1-4H3/t22-,25-/m0/s1. The van der Waals surface area contributed by atoms with Gasteiger partial charge >= 0.3 is 0 Å². The fraction of sp³-hybridized carbons (Fsp3) is 0.760. The highest BCUT2D eigenvalue weighted by Crippen LogP contribution is 2.40. The monoisotopic (exact) mass is 373 g/mol. The lowest BCUT2D eigenvalue weighted by atomic mass is 9.68. The van der Waals surface area contributed by atoms with Crippen LogP contribution >= 0.6 is 0 Å². The zero-order chi connectivity index (χ0) is 19.5. The number of likely N-dealkylation sites (tertiary alicyclic amines) is 1.